The lowest BCUT2D eigenvalue weighted by Gasteiger charge is -2.17. The summed E-state index contributed by atoms with van der Waals surface area (Å²) in [7, 11) is 0. The maximum absolute atomic E-state index is 8.85. The second-order valence-electron chi connectivity index (χ2n) is 3.93. The number of rotatable bonds is 4. The molecule has 0 spiro atoms. The van der Waals surface area contributed by atoms with E-state index in [1.54, 1.807) is 0 Å². The number of hydrogen-bond acceptors (Lipinski definition) is 3. The van der Waals surface area contributed by atoms with Crippen molar-refractivity contribution in [3.05, 3.63) is 48.0 Å². The van der Waals surface area contributed by atoms with Crippen molar-refractivity contribution in [1.82, 2.24) is 0 Å². The lowest BCUT2D eigenvalue weighted by molar-refractivity contribution is 0.107. The minimum atomic E-state index is -0.522. The molecule has 2 aromatic carbocycles. The maximum Gasteiger partial charge on any atom is 0.173 e. The highest BCUT2D eigenvalue weighted by molar-refractivity contribution is 5.93. The Morgan fingerprint density at radius 1 is 1.28 bits per heavy atom. The van der Waals surface area contributed by atoms with Crippen molar-refractivity contribution in [2.24, 2.45) is 10.9 Å². The van der Waals surface area contributed by atoms with Crippen LogP contribution in [0.25, 0.3) is 10.8 Å². The molecule has 0 bridgehead atoms. The molecular weight excluding hydrogens is 228 g/mol. The quantitative estimate of drug-likeness (QED) is 0.376. The third kappa shape index (κ3) is 2.28. The van der Waals surface area contributed by atoms with E-state index in [2.05, 4.69) is 5.16 Å². The average molecular weight is 244 g/mol. The van der Waals surface area contributed by atoms with Gasteiger partial charge < -0.3 is 15.7 Å². The summed E-state index contributed by atoms with van der Waals surface area (Å²) in [4.78, 5) is 0. The van der Waals surface area contributed by atoms with Crippen molar-refractivity contribution in [3.8, 4) is 0 Å². The van der Waals surface area contributed by atoms with Gasteiger partial charge in [-0.25, -0.2) is 0 Å². The van der Waals surface area contributed by atoms with Crippen LogP contribution >= 0.6 is 0 Å². The van der Waals surface area contributed by atoms with Crippen LogP contribution in [0.3, 0.4) is 0 Å². The van der Waals surface area contributed by atoms with Gasteiger partial charge in [-0.2, -0.15) is 0 Å². The predicted molar refractivity (Wildman–Crippen MR) is 71.7 cm³/mol. The molecule has 3 N–H and O–H groups in total. The van der Waals surface area contributed by atoms with Gasteiger partial charge in [-0.1, -0.05) is 47.6 Å². The molecule has 0 aliphatic rings. The molecule has 0 heterocycles. The Morgan fingerprint density at radius 3 is 2.72 bits per heavy atom. The number of fused-ring (bicyclic) bond motifs is 1. The van der Waals surface area contributed by atoms with Gasteiger partial charge in [0.15, 0.2) is 5.84 Å². The van der Waals surface area contributed by atoms with Crippen molar-refractivity contribution in [1.29, 1.82) is 0 Å². The summed E-state index contributed by atoms with van der Waals surface area (Å²) >= 11 is 0. The minimum absolute atomic E-state index is 0.0632. The largest absolute Gasteiger partial charge is 0.409 e. The van der Waals surface area contributed by atoms with Gasteiger partial charge in [0.2, 0.25) is 0 Å². The van der Waals surface area contributed by atoms with Crippen molar-refractivity contribution in [2.45, 2.75) is 13.0 Å². The molecule has 4 heteroatoms. The van der Waals surface area contributed by atoms with Crippen LogP contribution in [0.2, 0.25) is 0 Å². The average Bonchev–Trinajstić information content (AvgIpc) is 2.43. The first-order valence-corrected chi connectivity index (χ1v) is 5.84. The fourth-order valence-electron chi connectivity index (χ4n) is 2.03. The molecule has 0 amide bonds. The summed E-state index contributed by atoms with van der Waals surface area (Å²) in [5, 5.41) is 14.1. The SMILES string of the molecule is CCO[C@H](C(N)=NO)c1cccc2ccccc12. The number of oxime groups is 1. The molecule has 0 fully saturated rings. The van der Waals surface area contributed by atoms with Gasteiger partial charge >= 0.3 is 0 Å². The summed E-state index contributed by atoms with van der Waals surface area (Å²) in [5.74, 6) is 0.0632. The third-order valence-corrected chi connectivity index (χ3v) is 2.82. The van der Waals surface area contributed by atoms with Gasteiger partial charge in [0, 0.05) is 6.61 Å². The topological polar surface area (TPSA) is 67.8 Å². The van der Waals surface area contributed by atoms with Crippen LogP contribution in [0, 0.1) is 0 Å². The molecule has 2 aromatic rings. The van der Waals surface area contributed by atoms with Crippen LogP contribution in [0.15, 0.2) is 47.6 Å². The molecule has 0 saturated carbocycles. The van der Waals surface area contributed by atoms with Gasteiger partial charge in [-0.15, -0.1) is 0 Å². The zero-order chi connectivity index (χ0) is 13.0. The Morgan fingerprint density at radius 2 is 2.00 bits per heavy atom. The van der Waals surface area contributed by atoms with Crippen molar-refractivity contribution in [3.63, 3.8) is 0 Å². The van der Waals surface area contributed by atoms with Gasteiger partial charge in [0.25, 0.3) is 0 Å². The Balaban J connectivity index is 2.57. The maximum atomic E-state index is 8.85. The fraction of sp³-hybridized carbons (Fsp3) is 0.214. The van der Waals surface area contributed by atoms with Gasteiger partial charge in [0.05, 0.1) is 0 Å². The van der Waals surface area contributed by atoms with E-state index in [9.17, 15) is 0 Å². The molecule has 0 aliphatic carbocycles. The highest BCUT2D eigenvalue weighted by atomic mass is 16.5. The molecule has 1 atom stereocenters. The van der Waals surface area contributed by atoms with E-state index >= 15 is 0 Å². The first-order chi connectivity index (χ1) is 8.77. The highest BCUT2D eigenvalue weighted by Crippen LogP contribution is 2.26. The van der Waals surface area contributed by atoms with Crippen molar-refractivity contribution in [2.75, 3.05) is 6.61 Å². The number of benzene rings is 2. The molecule has 0 unspecified atom stereocenters. The molecule has 0 radical (unpaired) electrons. The summed E-state index contributed by atoms with van der Waals surface area (Å²) in [6, 6.07) is 13.9. The molecule has 18 heavy (non-hydrogen) atoms. The van der Waals surface area contributed by atoms with E-state index in [-0.39, 0.29) is 5.84 Å². The Bertz CT molecular complexity index is 561. The first-order valence-electron chi connectivity index (χ1n) is 5.84. The van der Waals surface area contributed by atoms with Crippen LogP contribution in [0.1, 0.15) is 18.6 Å². The van der Waals surface area contributed by atoms with Crippen LogP contribution in [-0.2, 0) is 4.74 Å². The second-order valence-corrected chi connectivity index (χ2v) is 3.93. The summed E-state index contributed by atoms with van der Waals surface area (Å²) in [6.45, 7) is 2.37. The molecule has 0 aliphatic heterocycles. The van der Waals surface area contributed by atoms with Crippen LogP contribution in [-0.4, -0.2) is 17.6 Å². The van der Waals surface area contributed by atoms with Gasteiger partial charge in [-0.3, -0.25) is 0 Å². The van der Waals surface area contributed by atoms with Gasteiger partial charge in [-0.05, 0) is 23.3 Å². The summed E-state index contributed by atoms with van der Waals surface area (Å²) in [6.07, 6.45) is -0.522. The normalized spacial score (nSPS) is 13.7. The monoisotopic (exact) mass is 244 g/mol. The predicted octanol–water partition coefficient (Wildman–Crippen LogP) is 2.66. The fourth-order valence-corrected chi connectivity index (χ4v) is 2.03. The molecular formula is C14H16N2O2. The molecule has 94 valence electrons. The summed E-state index contributed by atoms with van der Waals surface area (Å²) in [5.41, 5.74) is 6.61. The van der Waals surface area contributed by atoms with E-state index in [1.165, 1.54) is 0 Å². The van der Waals surface area contributed by atoms with E-state index in [4.69, 9.17) is 15.7 Å². The molecule has 4 nitrogen and oxygen atoms in total. The highest BCUT2D eigenvalue weighted by Gasteiger charge is 2.18. The van der Waals surface area contributed by atoms with E-state index < -0.39 is 6.10 Å². The second kappa shape index (κ2) is 5.51. The van der Waals surface area contributed by atoms with Crippen LogP contribution in [0.5, 0.6) is 0 Å². The Kier molecular flexibility index (Phi) is 3.79. The number of ether oxygens (including phenoxy) is 1. The minimum Gasteiger partial charge on any atom is -0.409 e. The first kappa shape index (κ1) is 12.4. The number of nitrogens with two attached hydrogens (primary N) is 1. The van der Waals surface area contributed by atoms with Crippen LogP contribution < -0.4 is 5.73 Å². The molecule has 0 aromatic heterocycles. The number of nitrogens with zero attached hydrogens (tertiary/aromatic N) is 1. The Hall–Kier alpha value is -2.07. The van der Waals surface area contributed by atoms with E-state index in [0.717, 1.165) is 16.3 Å². The standard InChI is InChI=1S/C14H16N2O2/c1-2-18-13(14(15)16-17)12-9-5-7-10-6-3-4-8-11(10)12/h3-9,13,17H,2H2,1H3,(H2,15,16)/t13-/m0/s1. The molecule has 2 rings (SSSR count). The lowest BCUT2D eigenvalue weighted by atomic mass is 10.00. The van der Waals surface area contributed by atoms with E-state index in [1.807, 2.05) is 49.4 Å². The summed E-state index contributed by atoms with van der Waals surface area (Å²) < 4.78 is 5.57. The Labute approximate surface area is 106 Å². The number of amidine groups is 1. The zero-order valence-corrected chi connectivity index (χ0v) is 10.2. The lowest BCUT2D eigenvalue weighted by Crippen LogP contribution is -2.24. The van der Waals surface area contributed by atoms with Crippen LogP contribution in [0.4, 0.5) is 0 Å². The third-order valence-electron chi connectivity index (χ3n) is 2.82. The number of hydrogen-bond donors (Lipinski definition) is 2. The van der Waals surface area contributed by atoms with Gasteiger partial charge in [0.1, 0.15) is 6.10 Å². The smallest absolute Gasteiger partial charge is 0.173 e. The van der Waals surface area contributed by atoms with Crippen molar-refractivity contribution < 1.29 is 9.94 Å². The van der Waals surface area contributed by atoms with Crippen molar-refractivity contribution >= 4 is 16.6 Å². The molecule has 0 saturated heterocycles. The van der Waals surface area contributed by atoms with E-state index in [0.29, 0.717) is 6.61 Å². The zero-order valence-electron chi connectivity index (χ0n) is 10.2.